The molecule has 1 heterocycles. The fourth-order valence-electron chi connectivity index (χ4n) is 2.82. The van der Waals surface area contributed by atoms with Crippen LogP contribution in [0.5, 0.6) is 17.2 Å². The standard InChI is InChI=1S/C18H21NO3/c1-11(19)16-9-12-5-4-6-15(18(12)22-16)14-8-7-13(20-2)10-17(14)21-3/h4-8,10-11,16H,9,19H2,1-3H3. The monoisotopic (exact) mass is 299 g/mol. The largest absolute Gasteiger partial charge is 0.497 e. The molecule has 0 saturated carbocycles. The van der Waals surface area contributed by atoms with E-state index in [1.807, 2.05) is 37.3 Å². The molecule has 4 nitrogen and oxygen atoms in total. The average molecular weight is 299 g/mol. The zero-order valence-electron chi connectivity index (χ0n) is 13.1. The maximum absolute atomic E-state index is 6.10. The van der Waals surface area contributed by atoms with Crippen LogP contribution in [0.2, 0.25) is 0 Å². The van der Waals surface area contributed by atoms with Gasteiger partial charge >= 0.3 is 0 Å². The number of para-hydroxylation sites is 1. The number of nitrogens with two attached hydrogens (primary N) is 1. The lowest BCUT2D eigenvalue weighted by atomic mass is 9.99. The predicted molar refractivity (Wildman–Crippen MR) is 86.8 cm³/mol. The highest BCUT2D eigenvalue weighted by Gasteiger charge is 2.28. The van der Waals surface area contributed by atoms with Gasteiger partial charge in [-0.1, -0.05) is 18.2 Å². The molecule has 0 saturated heterocycles. The Hall–Kier alpha value is -2.20. The fraction of sp³-hybridized carbons (Fsp3) is 0.333. The smallest absolute Gasteiger partial charge is 0.131 e. The SMILES string of the molecule is COc1ccc(-c2cccc3c2OC(C(C)N)C3)c(OC)c1. The number of hydrogen-bond acceptors (Lipinski definition) is 4. The highest BCUT2D eigenvalue weighted by Crippen LogP contribution is 2.43. The van der Waals surface area contributed by atoms with E-state index in [2.05, 4.69) is 6.07 Å². The number of benzene rings is 2. The van der Waals surface area contributed by atoms with E-state index in [-0.39, 0.29) is 12.1 Å². The third kappa shape index (κ3) is 2.50. The van der Waals surface area contributed by atoms with E-state index in [9.17, 15) is 0 Å². The summed E-state index contributed by atoms with van der Waals surface area (Å²) >= 11 is 0. The second-order valence-electron chi connectivity index (χ2n) is 5.58. The first-order valence-corrected chi connectivity index (χ1v) is 7.40. The van der Waals surface area contributed by atoms with Gasteiger partial charge in [0.25, 0.3) is 0 Å². The van der Waals surface area contributed by atoms with Crippen LogP contribution in [0.4, 0.5) is 0 Å². The zero-order chi connectivity index (χ0) is 15.7. The Balaban J connectivity index is 2.06. The molecule has 2 N–H and O–H groups in total. The minimum Gasteiger partial charge on any atom is -0.497 e. The average Bonchev–Trinajstić information content (AvgIpc) is 2.98. The second-order valence-corrected chi connectivity index (χ2v) is 5.58. The van der Waals surface area contributed by atoms with E-state index in [0.29, 0.717) is 0 Å². The molecule has 0 aliphatic carbocycles. The molecular weight excluding hydrogens is 278 g/mol. The molecule has 2 unspecified atom stereocenters. The van der Waals surface area contributed by atoms with Gasteiger partial charge in [0, 0.05) is 29.7 Å². The van der Waals surface area contributed by atoms with Crippen molar-refractivity contribution in [2.45, 2.75) is 25.5 Å². The predicted octanol–water partition coefficient (Wildman–Crippen LogP) is 3.02. The number of ether oxygens (including phenoxy) is 3. The Morgan fingerprint density at radius 2 is 1.95 bits per heavy atom. The van der Waals surface area contributed by atoms with E-state index in [4.69, 9.17) is 19.9 Å². The lowest BCUT2D eigenvalue weighted by Crippen LogP contribution is -2.34. The first kappa shape index (κ1) is 14.7. The number of rotatable bonds is 4. The lowest BCUT2D eigenvalue weighted by molar-refractivity contribution is 0.207. The van der Waals surface area contributed by atoms with Crippen LogP contribution in [-0.4, -0.2) is 26.4 Å². The van der Waals surface area contributed by atoms with Crippen LogP contribution in [0.1, 0.15) is 12.5 Å². The molecule has 1 aliphatic heterocycles. The van der Waals surface area contributed by atoms with Crippen molar-refractivity contribution < 1.29 is 14.2 Å². The van der Waals surface area contributed by atoms with Gasteiger partial charge < -0.3 is 19.9 Å². The summed E-state index contributed by atoms with van der Waals surface area (Å²) in [5.41, 5.74) is 9.20. The maximum atomic E-state index is 6.10. The van der Waals surface area contributed by atoms with Gasteiger partial charge in [0.15, 0.2) is 0 Å². The molecular formula is C18H21NO3. The molecule has 0 fully saturated rings. The number of hydrogen-bond donors (Lipinski definition) is 1. The van der Waals surface area contributed by atoms with Crippen LogP contribution in [0, 0.1) is 0 Å². The molecule has 0 spiro atoms. The third-order valence-corrected chi connectivity index (χ3v) is 4.07. The Bertz CT molecular complexity index is 682. The van der Waals surface area contributed by atoms with Crippen molar-refractivity contribution in [1.82, 2.24) is 0 Å². The van der Waals surface area contributed by atoms with Crippen molar-refractivity contribution in [3.63, 3.8) is 0 Å². The van der Waals surface area contributed by atoms with Crippen molar-refractivity contribution in [2.75, 3.05) is 14.2 Å². The van der Waals surface area contributed by atoms with Crippen LogP contribution >= 0.6 is 0 Å². The molecule has 2 aromatic carbocycles. The van der Waals surface area contributed by atoms with E-state index in [0.717, 1.165) is 34.8 Å². The van der Waals surface area contributed by atoms with Crippen molar-refractivity contribution in [3.8, 4) is 28.4 Å². The van der Waals surface area contributed by atoms with E-state index >= 15 is 0 Å². The molecule has 0 radical (unpaired) electrons. The van der Waals surface area contributed by atoms with Gasteiger partial charge in [-0.2, -0.15) is 0 Å². The summed E-state index contributed by atoms with van der Waals surface area (Å²) in [5, 5.41) is 0. The number of methoxy groups -OCH3 is 2. The van der Waals surface area contributed by atoms with Crippen molar-refractivity contribution >= 4 is 0 Å². The van der Waals surface area contributed by atoms with E-state index in [1.54, 1.807) is 14.2 Å². The maximum Gasteiger partial charge on any atom is 0.131 e. The van der Waals surface area contributed by atoms with Crippen LogP contribution in [0.15, 0.2) is 36.4 Å². The molecule has 2 aromatic rings. The van der Waals surface area contributed by atoms with Crippen LogP contribution in [-0.2, 0) is 6.42 Å². The summed E-state index contributed by atoms with van der Waals surface area (Å²) in [6.07, 6.45) is 0.875. The number of fused-ring (bicyclic) bond motifs is 1. The topological polar surface area (TPSA) is 53.7 Å². The van der Waals surface area contributed by atoms with Gasteiger partial charge in [-0.05, 0) is 24.6 Å². The summed E-state index contributed by atoms with van der Waals surface area (Å²) < 4.78 is 16.9. The Kier molecular flexibility index (Phi) is 3.94. The summed E-state index contributed by atoms with van der Waals surface area (Å²) in [5.74, 6) is 2.44. The summed E-state index contributed by atoms with van der Waals surface area (Å²) in [6.45, 7) is 1.98. The van der Waals surface area contributed by atoms with Gasteiger partial charge in [-0.3, -0.25) is 0 Å². The molecule has 3 rings (SSSR count). The molecule has 0 bridgehead atoms. The lowest BCUT2D eigenvalue weighted by Gasteiger charge is -2.16. The van der Waals surface area contributed by atoms with Crippen molar-refractivity contribution in [1.29, 1.82) is 0 Å². The van der Waals surface area contributed by atoms with E-state index in [1.165, 1.54) is 5.56 Å². The minimum absolute atomic E-state index is 0.00184. The van der Waals surface area contributed by atoms with Crippen LogP contribution < -0.4 is 19.9 Å². The molecule has 1 aliphatic rings. The van der Waals surface area contributed by atoms with Crippen molar-refractivity contribution in [2.24, 2.45) is 5.73 Å². The Labute approximate surface area is 130 Å². The summed E-state index contributed by atoms with van der Waals surface area (Å²) in [4.78, 5) is 0. The van der Waals surface area contributed by atoms with Gasteiger partial charge in [-0.25, -0.2) is 0 Å². The summed E-state index contributed by atoms with van der Waals surface area (Å²) in [6, 6.07) is 12.0. The normalized spacial score (nSPS) is 17.5. The highest BCUT2D eigenvalue weighted by molar-refractivity contribution is 5.78. The fourth-order valence-corrected chi connectivity index (χ4v) is 2.82. The van der Waals surface area contributed by atoms with Crippen molar-refractivity contribution in [3.05, 3.63) is 42.0 Å². The summed E-state index contributed by atoms with van der Waals surface area (Å²) in [7, 11) is 3.30. The zero-order valence-corrected chi connectivity index (χ0v) is 13.1. The van der Waals surface area contributed by atoms with Crippen LogP contribution in [0.3, 0.4) is 0 Å². The molecule has 0 amide bonds. The Morgan fingerprint density at radius 1 is 1.14 bits per heavy atom. The first-order valence-electron chi connectivity index (χ1n) is 7.40. The molecule has 0 aromatic heterocycles. The van der Waals surface area contributed by atoms with Crippen LogP contribution in [0.25, 0.3) is 11.1 Å². The Morgan fingerprint density at radius 3 is 2.64 bits per heavy atom. The van der Waals surface area contributed by atoms with Gasteiger partial charge in [0.2, 0.25) is 0 Å². The molecule has 4 heteroatoms. The molecule has 2 atom stereocenters. The van der Waals surface area contributed by atoms with Gasteiger partial charge in [0.1, 0.15) is 23.4 Å². The highest BCUT2D eigenvalue weighted by atomic mass is 16.5. The molecule has 116 valence electrons. The second kappa shape index (κ2) is 5.89. The minimum atomic E-state index is -0.00184. The van der Waals surface area contributed by atoms with E-state index < -0.39 is 0 Å². The van der Waals surface area contributed by atoms with Gasteiger partial charge in [0.05, 0.1) is 14.2 Å². The third-order valence-electron chi connectivity index (χ3n) is 4.07. The first-order chi connectivity index (χ1) is 10.6. The molecule has 22 heavy (non-hydrogen) atoms. The quantitative estimate of drug-likeness (QED) is 0.943. The van der Waals surface area contributed by atoms with Gasteiger partial charge in [-0.15, -0.1) is 0 Å².